The number of anilines is 2. The summed E-state index contributed by atoms with van der Waals surface area (Å²) in [5, 5.41) is 0.434. The van der Waals surface area contributed by atoms with E-state index in [-0.39, 0.29) is 29.1 Å². The van der Waals surface area contributed by atoms with Crippen molar-refractivity contribution in [1.29, 1.82) is 0 Å². The van der Waals surface area contributed by atoms with Crippen LogP contribution in [-0.4, -0.2) is 36.8 Å². The van der Waals surface area contributed by atoms with Crippen molar-refractivity contribution in [3.63, 3.8) is 0 Å². The van der Waals surface area contributed by atoms with Crippen molar-refractivity contribution in [3.8, 4) is 11.1 Å². The number of hydrogen-bond donors (Lipinski definition) is 1. The van der Waals surface area contributed by atoms with E-state index in [1.807, 2.05) is 0 Å². The first-order valence-corrected chi connectivity index (χ1v) is 13.5. The SMILES string of the molecule is CCOC(=O)C1c2c[nH]c3c(=O)n(C)cc(c23)-c2cc(CS(C)(=O)=O)ccc2N1c1ccc(F)cc1F. The number of aryl methyl sites for hydroxylation is 1. The zero-order valence-corrected chi connectivity index (χ0v) is 21.0. The first-order valence-electron chi connectivity index (χ1n) is 11.4. The summed E-state index contributed by atoms with van der Waals surface area (Å²) < 4.78 is 60.0. The van der Waals surface area contributed by atoms with Crippen LogP contribution in [0.3, 0.4) is 0 Å². The number of fused-ring (bicyclic) bond motifs is 2. The quantitative estimate of drug-likeness (QED) is 0.392. The second kappa shape index (κ2) is 8.84. The Balaban J connectivity index is 1.93. The average Bonchev–Trinajstić information content (AvgIpc) is 3.20. The maximum atomic E-state index is 15.3. The fraction of sp³-hybridized carbons (Fsp3) is 0.231. The standard InChI is InChI=1S/C26H23F2N3O5S/c1-4-36-26(33)24-17-11-29-23-22(17)18(12-30(2)25(23)32)16-9-14(13-37(3,34)35)5-7-20(16)31(24)21-8-6-15(27)10-19(21)28/h5-12,24,29H,4,13H2,1-3H3. The summed E-state index contributed by atoms with van der Waals surface area (Å²) in [5.74, 6) is -2.65. The highest BCUT2D eigenvalue weighted by Gasteiger charge is 2.39. The maximum absolute atomic E-state index is 15.3. The number of H-pyrrole nitrogens is 1. The zero-order valence-electron chi connectivity index (χ0n) is 20.2. The van der Waals surface area contributed by atoms with Crippen molar-refractivity contribution < 1.29 is 26.7 Å². The lowest BCUT2D eigenvalue weighted by Gasteiger charge is -2.32. The van der Waals surface area contributed by atoms with Crippen LogP contribution in [0.4, 0.5) is 20.2 Å². The van der Waals surface area contributed by atoms with Gasteiger partial charge in [-0.15, -0.1) is 0 Å². The van der Waals surface area contributed by atoms with Gasteiger partial charge in [-0.1, -0.05) is 6.07 Å². The molecule has 0 saturated carbocycles. The molecule has 0 bridgehead atoms. The fourth-order valence-corrected chi connectivity index (χ4v) is 5.67. The van der Waals surface area contributed by atoms with Gasteiger partial charge in [-0.2, -0.15) is 0 Å². The Bertz CT molecular complexity index is 1740. The molecule has 0 radical (unpaired) electrons. The number of ether oxygens (including phenoxy) is 1. The summed E-state index contributed by atoms with van der Waals surface area (Å²) in [7, 11) is -1.82. The van der Waals surface area contributed by atoms with Crippen molar-refractivity contribution in [1.82, 2.24) is 9.55 Å². The van der Waals surface area contributed by atoms with Crippen LogP contribution in [0.2, 0.25) is 0 Å². The second-order valence-corrected chi connectivity index (χ2v) is 11.1. The summed E-state index contributed by atoms with van der Waals surface area (Å²) >= 11 is 0. The highest BCUT2D eigenvalue weighted by molar-refractivity contribution is 7.89. The molecule has 3 heterocycles. The van der Waals surface area contributed by atoms with E-state index in [0.29, 0.717) is 33.3 Å². The monoisotopic (exact) mass is 527 g/mol. The van der Waals surface area contributed by atoms with Crippen molar-refractivity contribution >= 4 is 38.1 Å². The Hall–Kier alpha value is -3.99. The lowest BCUT2D eigenvalue weighted by atomic mass is 9.98. The smallest absolute Gasteiger partial charge is 0.333 e. The maximum Gasteiger partial charge on any atom is 0.333 e. The average molecular weight is 528 g/mol. The third-order valence-corrected chi connectivity index (χ3v) is 7.17. The van der Waals surface area contributed by atoms with E-state index in [1.165, 1.54) is 21.7 Å². The van der Waals surface area contributed by atoms with Gasteiger partial charge in [0.25, 0.3) is 5.56 Å². The van der Waals surface area contributed by atoms with E-state index >= 15 is 4.39 Å². The van der Waals surface area contributed by atoms with E-state index in [2.05, 4.69) is 4.98 Å². The molecule has 2 aromatic heterocycles. The fourth-order valence-electron chi connectivity index (χ4n) is 4.89. The van der Waals surface area contributed by atoms with E-state index in [0.717, 1.165) is 18.4 Å². The third-order valence-electron chi connectivity index (χ3n) is 6.31. The summed E-state index contributed by atoms with van der Waals surface area (Å²) in [4.78, 5) is 30.8. The number of rotatable bonds is 5. The number of nitrogens with one attached hydrogen (secondary N) is 1. The molecular weight excluding hydrogens is 504 g/mol. The Kier molecular flexibility index (Phi) is 5.90. The van der Waals surface area contributed by atoms with E-state index in [4.69, 9.17) is 4.74 Å². The van der Waals surface area contributed by atoms with Gasteiger partial charge in [-0.25, -0.2) is 22.0 Å². The van der Waals surface area contributed by atoms with Gasteiger partial charge < -0.3 is 19.2 Å². The van der Waals surface area contributed by atoms with Crippen LogP contribution in [0.1, 0.15) is 24.1 Å². The highest BCUT2D eigenvalue weighted by atomic mass is 32.2. The van der Waals surface area contributed by atoms with E-state index < -0.39 is 33.5 Å². The predicted octanol–water partition coefficient (Wildman–Crippen LogP) is 4.11. The number of hydrogen-bond acceptors (Lipinski definition) is 6. The molecule has 192 valence electrons. The summed E-state index contributed by atoms with van der Waals surface area (Å²) in [6, 6.07) is 6.61. The van der Waals surface area contributed by atoms with Gasteiger partial charge in [0.1, 0.15) is 17.2 Å². The molecule has 0 aliphatic carbocycles. The van der Waals surface area contributed by atoms with Crippen LogP contribution in [-0.2, 0) is 32.2 Å². The Morgan fingerprint density at radius 3 is 2.51 bits per heavy atom. The normalized spacial score (nSPS) is 14.9. The first kappa shape index (κ1) is 24.7. The van der Waals surface area contributed by atoms with Gasteiger partial charge in [0, 0.05) is 53.8 Å². The van der Waals surface area contributed by atoms with Crippen molar-refractivity contribution in [2.75, 3.05) is 17.8 Å². The van der Waals surface area contributed by atoms with Crippen molar-refractivity contribution in [2.45, 2.75) is 18.7 Å². The minimum Gasteiger partial charge on any atom is -0.464 e. The molecule has 0 saturated heterocycles. The molecule has 1 N–H and O–H groups in total. The topological polar surface area (TPSA) is 101 Å². The Labute approximate surface area is 211 Å². The van der Waals surface area contributed by atoms with Gasteiger partial charge in [-0.3, -0.25) is 4.79 Å². The van der Waals surface area contributed by atoms with E-state index in [9.17, 15) is 22.4 Å². The van der Waals surface area contributed by atoms with Crippen LogP contribution in [0.5, 0.6) is 0 Å². The van der Waals surface area contributed by atoms with Crippen LogP contribution < -0.4 is 10.5 Å². The minimum absolute atomic E-state index is 0.0478. The molecule has 1 atom stereocenters. The molecule has 8 nitrogen and oxygen atoms in total. The van der Waals surface area contributed by atoms with Crippen molar-refractivity contribution in [2.24, 2.45) is 7.05 Å². The number of pyridine rings is 1. The van der Waals surface area contributed by atoms with Gasteiger partial charge in [0.05, 0.1) is 23.7 Å². The molecule has 2 aromatic carbocycles. The van der Waals surface area contributed by atoms with Crippen LogP contribution in [0.15, 0.2) is 53.6 Å². The third kappa shape index (κ3) is 4.18. The number of carbonyl (C=O) groups is 1. The molecule has 1 unspecified atom stereocenters. The van der Waals surface area contributed by atoms with Crippen LogP contribution in [0, 0.1) is 11.6 Å². The van der Waals surface area contributed by atoms with Crippen LogP contribution in [0.25, 0.3) is 22.0 Å². The molecule has 0 fully saturated rings. The highest BCUT2D eigenvalue weighted by Crippen LogP contribution is 2.49. The number of aromatic nitrogens is 2. The van der Waals surface area contributed by atoms with Gasteiger partial charge in [0.15, 0.2) is 15.9 Å². The molecule has 37 heavy (non-hydrogen) atoms. The molecular formula is C26H23F2N3O5S. The number of halogens is 2. The largest absolute Gasteiger partial charge is 0.464 e. The number of esters is 1. The lowest BCUT2D eigenvalue weighted by molar-refractivity contribution is -0.144. The Morgan fingerprint density at radius 2 is 1.84 bits per heavy atom. The summed E-state index contributed by atoms with van der Waals surface area (Å²) in [6.07, 6.45) is 4.22. The summed E-state index contributed by atoms with van der Waals surface area (Å²) in [5.41, 5.74) is 1.99. The summed E-state index contributed by atoms with van der Waals surface area (Å²) in [6.45, 7) is 1.69. The van der Waals surface area contributed by atoms with Gasteiger partial charge in [0.2, 0.25) is 0 Å². The molecule has 1 aliphatic rings. The molecule has 11 heteroatoms. The number of benzene rings is 2. The molecule has 4 aromatic rings. The molecule has 5 rings (SSSR count). The van der Waals surface area contributed by atoms with Gasteiger partial charge >= 0.3 is 5.97 Å². The number of sulfone groups is 1. The van der Waals surface area contributed by atoms with Crippen LogP contribution >= 0.6 is 0 Å². The molecule has 1 aliphatic heterocycles. The number of nitrogens with zero attached hydrogens (tertiary/aromatic N) is 2. The Morgan fingerprint density at radius 1 is 1.11 bits per heavy atom. The molecule has 0 amide bonds. The minimum atomic E-state index is -3.39. The predicted molar refractivity (Wildman–Crippen MR) is 135 cm³/mol. The lowest BCUT2D eigenvalue weighted by Crippen LogP contribution is -2.32. The van der Waals surface area contributed by atoms with E-state index in [1.54, 1.807) is 38.4 Å². The number of carbonyl (C=O) groups excluding carboxylic acids is 1. The number of aromatic amines is 1. The first-order chi connectivity index (χ1) is 17.5. The van der Waals surface area contributed by atoms with Crippen molar-refractivity contribution in [3.05, 3.63) is 81.9 Å². The zero-order chi connectivity index (χ0) is 26.6. The van der Waals surface area contributed by atoms with Gasteiger partial charge in [-0.05, 0) is 36.8 Å². The molecule has 0 spiro atoms. The second-order valence-electron chi connectivity index (χ2n) is 8.99.